The van der Waals surface area contributed by atoms with Crippen molar-refractivity contribution in [2.45, 2.75) is 25.7 Å². The van der Waals surface area contributed by atoms with Gasteiger partial charge >= 0.3 is 0 Å². The van der Waals surface area contributed by atoms with Crippen LogP contribution in [0.15, 0.2) is 47.5 Å². The minimum atomic E-state index is -0.241. The summed E-state index contributed by atoms with van der Waals surface area (Å²) in [7, 11) is 5.73. The van der Waals surface area contributed by atoms with Gasteiger partial charge in [-0.25, -0.2) is 9.37 Å². The number of guanidine groups is 1. The number of pyridine rings is 1. The zero-order valence-corrected chi connectivity index (χ0v) is 19.6. The number of rotatable bonds is 4. The number of aromatic nitrogens is 1. The number of benzene rings is 1. The fourth-order valence-corrected chi connectivity index (χ4v) is 3.30. The molecule has 0 amide bonds. The molecule has 158 valence electrons. The fourth-order valence-electron chi connectivity index (χ4n) is 3.30. The Morgan fingerprint density at radius 2 is 1.97 bits per heavy atom. The average Bonchev–Trinajstić information content (AvgIpc) is 2.69. The van der Waals surface area contributed by atoms with Gasteiger partial charge in [0, 0.05) is 27.7 Å². The summed E-state index contributed by atoms with van der Waals surface area (Å²) in [6.45, 7) is 4.02. The third-order valence-corrected chi connectivity index (χ3v) is 4.69. The Morgan fingerprint density at radius 3 is 2.62 bits per heavy atom. The summed E-state index contributed by atoms with van der Waals surface area (Å²) in [6, 6.07) is 12.5. The molecule has 1 aromatic carbocycles. The van der Waals surface area contributed by atoms with Gasteiger partial charge in [0.25, 0.3) is 0 Å². The number of morpholine rings is 1. The van der Waals surface area contributed by atoms with Crippen LogP contribution < -0.4 is 10.2 Å². The lowest BCUT2D eigenvalue weighted by atomic mass is 10.1. The monoisotopic (exact) mass is 513 g/mol. The highest BCUT2D eigenvalue weighted by atomic mass is 127. The first kappa shape index (κ1) is 23.3. The van der Waals surface area contributed by atoms with E-state index in [1.54, 1.807) is 19.2 Å². The van der Waals surface area contributed by atoms with Gasteiger partial charge in [-0.2, -0.15) is 0 Å². The average molecular weight is 513 g/mol. The first-order chi connectivity index (χ1) is 13.5. The molecule has 0 spiro atoms. The van der Waals surface area contributed by atoms with Gasteiger partial charge in [-0.3, -0.25) is 4.99 Å². The van der Waals surface area contributed by atoms with Crippen molar-refractivity contribution < 1.29 is 9.13 Å². The first-order valence-electron chi connectivity index (χ1n) is 9.46. The van der Waals surface area contributed by atoms with Crippen LogP contribution >= 0.6 is 24.0 Å². The van der Waals surface area contributed by atoms with Crippen molar-refractivity contribution in [2.24, 2.45) is 4.99 Å². The molecular weight excluding hydrogens is 484 g/mol. The molecule has 6 nitrogen and oxygen atoms in total. The summed E-state index contributed by atoms with van der Waals surface area (Å²) < 4.78 is 19.3. The van der Waals surface area contributed by atoms with Crippen LogP contribution in [0.5, 0.6) is 0 Å². The largest absolute Gasteiger partial charge is 0.367 e. The van der Waals surface area contributed by atoms with E-state index in [9.17, 15) is 4.39 Å². The Balaban J connectivity index is 0.00000300. The quantitative estimate of drug-likeness (QED) is 0.386. The second-order valence-corrected chi connectivity index (χ2v) is 7.17. The Bertz CT molecular complexity index is 815. The van der Waals surface area contributed by atoms with E-state index in [0.29, 0.717) is 13.1 Å². The van der Waals surface area contributed by atoms with Crippen molar-refractivity contribution in [1.29, 1.82) is 0 Å². The molecular formula is C21H29FIN5O. The van der Waals surface area contributed by atoms with E-state index in [1.165, 1.54) is 12.1 Å². The van der Waals surface area contributed by atoms with Crippen molar-refractivity contribution in [1.82, 2.24) is 15.2 Å². The fraction of sp³-hybridized carbons (Fsp3) is 0.429. The lowest BCUT2D eigenvalue weighted by Crippen LogP contribution is -2.50. The smallest absolute Gasteiger partial charge is 0.194 e. The highest BCUT2D eigenvalue weighted by molar-refractivity contribution is 14.0. The van der Waals surface area contributed by atoms with Crippen molar-refractivity contribution in [3.05, 3.63) is 59.5 Å². The standard InChI is InChI=1S/C21H28FN5O.HI/c1-15-13-27(14-19(28-15)16-8-10-17(22)11-9-16)21(23-2)24-12-18-6-5-7-20(25-18)26(3)4;/h5-11,15,19H,12-14H2,1-4H3,(H,23,24);1H. The lowest BCUT2D eigenvalue weighted by molar-refractivity contribution is -0.0605. The molecule has 1 saturated heterocycles. The van der Waals surface area contributed by atoms with Gasteiger partial charge in [-0.15, -0.1) is 24.0 Å². The topological polar surface area (TPSA) is 53.0 Å². The van der Waals surface area contributed by atoms with Crippen molar-refractivity contribution in [3.8, 4) is 0 Å². The normalized spacial score (nSPS) is 19.5. The van der Waals surface area contributed by atoms with E-state index in [2.05, 4.69) is 20.2 Å². The number of halogens is 2. The summed E-state index contributed by atoms with van der Waals surface area (Å²) in [5.74, 6) is 1.49. The Kier molecular flexibility index (Phi) is 8.63. The van der Waals surface area contributed by atoms with Gasteiger partial charge in [-0.1, -0.05) is 18.2 Å². The molecule has 0 aliphatic carbocycles. The third-order valence-electron chi connectivity index (χ3n) is 4.69. The van der Waals surface area contributed by atoms with Gasteiger partial charge in [0.1, 0.15) is 17.7 Å². The van der Waals surface area contributed by atoms with E-state index in [1.807, 2.05) is 44.1 Å². The molecule has 1 aliphatic rings. The predicted octanol–water partition coefficient (Wildman–Crippen LogP) is 3.44. The molecule has 2 aromatic rings. The molecule has 2 unspecified atom stereocenters. The van der Waals surface area contributed by atoms with Gasteiger partial charge in [0.15, 0.2) is 5.96 Å². The number of ether oxygens (including phenoxy) is 1. The molecule has 1 fully saturated rings. The van der Waals surface area contributed by atoms with Crippen LogP contribution in [0.3, 0.4) is 0 Å². The zero-order chi connectivity index (χ0) is 20.1. The first-order valence-corrected chi connectivity index (χ1v) is 9.46. The van der Waals surface area contributed by atoms with Crippen molar-refractivity contribution in [2.75, 3.05) is 39.1 Å². The minimum Gasteiger partial charge on any atom is -0.367 e. The molecule has 1 aliphatic heterocycles. The van der Waals surface area contributed by atoms with Gasteiger partial charge in [0.05, 0.1) is 24.9 Å². The van der Waals surface area contributed by atoms with Gasteiger partial charge in [-0.05, 0) is 36.8 Å². The van der Waals surface area contributed by atoms with E-state index < -0.39 is 0 Å². The van der Waals surface area contributed by atoms with E-state index >= 15 is 0 Å². The summed E-state index contributed by atoms with van der Waals surface area (Å²) in [5, 5.41) is 3.40. The second-order valence-electron chi connectivity index (χ2n) is 7.17. The summed E-state index contributed by atoms with van der Waals surface area (Å²) in [5.41, 5.74) is 1.91. The predicted molar refractivity (Wildman–Crippen MR) is 125 cm³/mol. The van der Waals surface area contributed by atoms with Crippen LogP contribution in [0.4, 0.5) is 10.2 Å². The molecule has 1 aromatic heterocycles. The van der Waals surface area contributed by atoms with E-state index in [4.69, 9.17) is 4.74 Å². The lowest BCUT2D eigenvalue weighted by Gasteiger charge is -2.38. The van der Waals surface area contributed by atoms with Crippen LogP contribution in [-0.4, -0.2) is 56.2 Å². The van der Waals surface area contributed by atoms with Gasteiger partial charge in [0.2, 0.25) is 0 Å². The molecule has 2 atom stereocenters. The van der Waals surface area contributed by atoms with Crippen LogP contribution in [0.1, 0.15) is 24.3 Å². The number of hydrogen-bond acceptors (Lipinski definition) is 4. The summed E-state index contributed by atoms with van der Waals surface area (Å²) >= 11 is 0. The molecule has 1 N–H and O–H groups in total. The molecule has 0 radical (unpaired) electrons. The second kappa shape index (κ2) is 10.7. The minimum absolute atomic E-state index is 0. The van der Waals surface area contributed by atoms with E-state index in [0.717, 1.165) is 29.6 Å². The maximum absolute atomic E-state index is 13.2. The molecule has 0 saturated carbocycles. The van der Waals surface area contributed by atoms with Crippen LogP contribution in [0, 0.1) is 5.82 Å². The SMILES string of the molecule is CN=C(NCc1cccc(N(C)C)n1)N1CC(C)OC(c2ccc(F)cc2)C1.I. The molecule has 2 heterocycles. The van der Waals surface area contributed by atoms with Crippen LogP contribution in [0.25, 0.3) is 0 Å². The van der Waals surface area contributed by atoms with Crippen LogP contribution in [-0.2, 0) is 11.3 Å². The highest BCUT2D eigenvalue weighted by Gasteiger charge is 2.28. The number of anilines is 1. The Labute approximate surface area is 189 Å². The maximum atomic E-state index is 13.2. The number of nitrogens with one attached hydrogen (secondary N) is 1. The molecule has 29 heavy (non-hydrogen) atoms. The Morgan fingerprint density at radius 1 is 1.24 bits per heavy atom. The summed E-state index contributed by atoms with van der Waals surface area (Å²) in [4.78, 5) is 13.2. The molecule has 3 rings (SSSR count). The summed E-state index contributed by atoms with van der Waals surface area (Å²) in [6.07, 6.45) is -0.0874. The van der Waals surface area contributed by atoms with Gasteiger partial charge < -0.3 is 19.9 Å². The number of nitrogens with zero attached hydrogens (tertiary/aromatic N) is 4. The van der Waals surface area contributed by atoms with E-state index in [-0.39, 0.29) is 42.0 Å². The van der Waals surface area contributed by atoms with Crippen molar-refractivity contribution in [3.63, 3.8) is 0 Å². The van der Waals surface area contributed by atoms with Crippen LogP contribution in [0.2, 0.25) is 0 Å². The molecule has 0 bridgehead atoms. The number of hydrogen-bond donors (Lipinski definition) is 1. The Hall–Kier alpha value is -1.94. The maximum Gasteiger partial charge on any atom is 0.194 e. The molecule has 8 heteroatoms. The van der Waals surface area contributed by atoms with Crippen molar-refractivity contribution >= 4 is 35.8 Å². The highest BCUT2D eigenvalue weighted by Crippen LogP contribution is 2.25. The zero-order valence-electron chi connectivity index (χ0n) is 17.3. The number of aliphatic imine (C=N–C) groups is 1. The third kappa shape index (κ3) is 6.27.